The number of ether oxygens (including phenoxy) is 1. The molecule has 1 heterocycles. The topological polar surface area (TPSA) is 119 Å². The van der Waals surface area contributed by atoms with Crippen LogP contribution in [0.4, 0.5) is 16.2 Å². The van der Waals surface area contributed by atoms with Crippen molar-refractivity contribution in [1.82, 2.24) is 5.32 Å². The summed E-state index contributed by atoms with van der Waals surface area (Å²) in [7, 11) is 0. The lowest BCUT2D eigenvalue weighted by molar-refractivity contribution is -0.384. The second-order valence-corrected chi connectivity index (χ2v) is 7.62. The van der Waals surface area contributed by atoms with E-state index in [1.807, 2.05) is 0 Å². The lowest BCUT2D eigenvalue weighted by Crippen LogP contribution is -2.54. The molecule has 170 valence electrons. The standard InChI is InChI=1S/C24H16ClN3O6/c25-17-7-11-18(12-8-17)27-23(30)20(22(29)26-24(27)31)13-16-3-1-2-4-21(16)34-14-15-5-9-19(10-6-15)28(32)33/h1-13H,14H2,(H,26,29,31)/b20-13+. The first-order valence-electron chi connectivity index (χ1n) is 9.95. The maximum atomic E-state index is 13.1. The Morgan fingerprint density at radius 1 is 0.971 bits per heavy atom. The number of nitrogens with one attached hydrogen (secondary N) is 1. The van der Waals surface area contributed by atoms with E-state index >= 15 is 0 Å². The fraction of sp³-hybridized carbons (Fsp3) is 0.0417. The van der Waals surface area contributed by atoms with Gasteiger partial charge in [0.25, 0.3) is 17.5 Å². The van der Waals surface area contributed by atoms with Crippen LogP contribution in [0.1, 0.15) is 11.1 Å². The Bertz CT molecular complexity index is 1320. The highest BCUT2D eigenvalue weighted by Crippen LogP contribution is 2.27. The van der Waals surface area contributed by atoms with Crippen molar-refractivity contribution >= 4 is 46.9 Å². The van der Waals surface area contributed by atoms with E-state index in [9.17, 15) is 24.5 Å². The lowest BCUT2D eigenvalue weighted by atomic mass is 10.1. The van der Waals surface area contributed by atoms with Crippen LogP contribution in [-0.4, -0.2) is 22.8 Å². The number of para-hydroxylation sites is 1. The monoisotopic (exact) mass is 477 g/mol. The fourth-order valence-electron chi connectivity index (χ4n) is 3.24. The van der Waals surface area contributed by atoms with Gasteiger partial charge in [-0.05, 0) is 54.1 Å². The van der Waals surface area contributed by atoms with Crippen molar-refractivity contribution in [1.29, 1.82) is 0 Å². The summed E-state index contributed by atoms with van der Waals surface area (Å²) in [5, 5.41) is 13.4. The first-order valence-corrected chi connectivity index (χ1v) is 10.3. The number of anilines is 1. The summed E-state index contributed by atoms with van der Waals surface area (Å²) in [5.41, 5.74) is 1.11. The third kappa shape index (κ3) is 4.79. The molecule has 0 aromatic heterocycles. The zero-order chi connectivity index (χ0) is 24.2. The van der Waals surface area contributed by atoms with Crippen LogP contribution in [0.15, 0.2) is 78.4 Å². The zero-order valence-corrected chi connectivity index (χ0v) is 18.2. The number of hydrogen-bond donors (Lipinski definition) is 1. The van der Waals surface area contributed by atoms with Crippen LogP contribution in [0.3, 0.4) is 0 Å². The Morgan fingerprint density at radius 2 is 1.65 bits per heavy atom. The summed E-state index contributed by atoms with van der Waals surface area (Å²) >= 11 is 5.88. The van der Waals surface area contributed by atoms with Gasteiger partial charge in [0.05, 0.1) is 10.6 Å². The van der Waals surface area contributed by atoms with E-state index in [2.05, 4.69) is 5.32 Å². The summed E-state index contributed by atoms with van der Waals surface area (Å²) in [5.74, 6) is -1.24. The summed E-state index contributed by atoms with van der Waals surface area (Å²) in [6.07, 6.45) is 1.35. The number of carbonyl (C=O) groups excluding carboxylic acids is 3. The number of nitro groups is 1. The molecule has 3 aromatic rings. The largest absolute Gasteiger partial charge is 0.488 e. The first kappa shape index (κ1) is 22.7. The van der Waals surface area contributed by atoms with E-state index in [1.165, 1.54) is 42.5 Å². The van der Waals surface area contributed by atoms with Gasteiger partial charge >= 0.3 is 6.03 Å². The van der Waals surface area contributed by atoms with E-state index in [-0.39, 0.29) is 23.6 Å². The minimum absolute atomic E-state index is 0.0319. The number of rotatable bonds is 6. The molecule has 10 heteroatoms. The number of amides is 4. The van der Waals surface area contributed by atoms with Gasteiger partial charge in [0.2, 0.25) is 0 Å². The number of barbiturate groups is 1. The smallest absolute Gasteiger partial charge is 0.335 e. The fourth-order valence-corrected chi connectivity index (χ4v) is 3.37. The Morgan fingerprint density at radius 3 is 2.32 bits per heavy atom. The Hall–Kier alpha value is -4.50. The van der Waals surface area contributed by atoms with Crippen molar-refractivity contribution in [3.8, 4) is 5.75 Å². The predicted octanol–water partition coefficient (Wildman–Crippen LogP) is 4.49. The zero-order valence-electron chi connectivity index (χ0n) is 17.4. The highest BCUT2D eigenvalue weighted by Gasteiger charge is 2.36. The molecule has 0 bridgehead atoms. The average molecular weight is 478 g/mol. The Labute approximate surface area is 198 Å². The molecule has 4 amide bonds. The molecule has 0 unspecified atom stereocenters. The molecule has 1 fully saturated rings. The van der Waals surface area contributed by atoms with Crippen LogP contribution < -0.4 is 15.0 Å². The van der Waals surface area contributed by atoms with Crippen LogP contribution >= 0.6 is 11.6 Å². The van der Waals surface area contributed by atoms with Crippen LogP contribution in [0, 0.1) is 10.1 Å². The second kappa shape index (κ2) is 9.55. The minimum atomic E-state index is -0.864. The molecule has 34 heavy (non-hydrogen) atoms. The summed E-state index contributed by atoms with van der Waals surface area (Å²) in [4.78, 5) is 49.0. The molecule has 9 nitrogen and oxygen atoms in total. The maximum absolute atomic E-state index is 13.1. The van der Waals surface area contributed by atoms with Crippen LogP contribution in [0.5, 0.6) is 5.75 Å². The maximum Gasteiger partial charge on any atom is 0.335 e. The minimum Gasteiger partial charge on any atom is -0.488 e. The lowest BCUT2D eigenvalue weighted by Gasteiger charge is -2.26. The van der Waals surface area contributed by atoms with Gasteiger partial charge in [-0.25, -0.2) is 9.69 Å². The molecule has 0 saturated carbocycles. The van der Waals surface area contributed by atoms with Gasteiger partial charge in [-0.3, -0.25) is 25.0 Å². The third-order valence-corrected chi connectivity index (χ3v) is 5.20. The normalized spacial score (nSPS) is 14.8. The second-order valence-electron chi connectivity index (χ2n) is 7.18. The van der Waals surface area contributed by atoms with Crippen molar-refractivity contribution < 1.29 is 24.0 Å². The molecule has 4 rings (SSSR count). The molecule has 0 atom stereocenters. The molecule has 3 aromatic carbocycles. The number of hydrogen-bond acceptors (Lipinski definition) is 6. The van der Waals surface area contributed by atoms with Gasteiger partial charge < -0.3 is 4.74 Å². The van der Waals surface area contributed by atoms with Crippen molar-refractivity contribution in [2.24, 2.45) is 0 Å². The van der Waals surface area contributed by atoms with Gasteiger partial charge in [0.1, 0.15) is 17.9 Å². The molecule has 1 aliphatic heterocycles. The van der Waals surface area contributed by atoms with Crippen molar-refractivity contribution in [3.05, 3.63) is 105 Å². The van der Waals surface area contributed by atoms with Crippen molar-refractivity contribution in [2.75, 3.05) is 4.90 Å². The van der Waals surface area contributed by atoms with Gasteiger partial charge in [0.15, 0.2) is 0 Å². The summed E-state index contributed by atoms with van der Waals surface area (Å²) in [6, 6.07) is 17.8. The molecule has 1 N–H and O–H groups in total. The molecule has 0 radical (unpaired) electrons. The summed E-state index contributed by atoms with van der Waals surface area (Å²) < 4.78 is 5.83. The first-order chi connectivity index (χ1) is 16.3. The Balaban J connectivity index is 1.59. The van der Waals surface area contributed by atoms with E-state index in [1.54, 1.807) is 36.4 Å². The molecular formula is C24H16ClN3O6. The SMILES string of the molecule is O=C1NC(=O)N(c2ccc(Cl)cc2)C(=O)/C1=C/c1ccccc1OCc1ccc([N+](=O)[O-])cc1. The number of imide groups is 2. The molecular weight excluding hydrogens is 462 g/mol. The van der Waals surface area contributed by atoms with Crippen LogP contribution in [-0.2, 0) is 16.2 Å². The number of benzene rings is 3. The number of carbonyl (C=O) groups is 3. The van der Waals surface area contributed by atoms with Crippen molar-refractivity contribution in [3.63, 3.8) is 0 Å². The number of nitrogens with zero attached hydrogens (tertiary/aromatic N) is 2. The number of urea groups is 1. The summed E-state index contributed by atoms with van der Waals surface area (Å²) in [6.45, 7) is 0.105. The third-order valence-electron chi connectivity index (χ3n) is 4.95. The van der Waals surface area contributed by atoms with Gasteiger partial charge in [-0.2, -0.15) is 0 Å². The Kier molecular flexibility index (Phi) is 6.37. The quantitative estimate of drug-likeness (QED) is 0.242. The van der Waals surface area contributed by atoms with Gasteiger partial charge in [-0.1, -0.05) is 29.8 Å². The predicted molar refractivity (Wildman–Crippen MR) is 124 cm³/mol. The number of halogens is 1. The molecule has 0 aliphatic carbocycles. The molecule has 0 spiro atoms. The van der Waals surface area contributed by atoms with E-state index in [4.69, 9.17) is 16.3 Å². The highest BCUT2D eigenvalue weighted by molar-refractivity contribution is 6.39. The van der Waals surface area contributed by atoms with Crippen molar-refractivity contribution in [2.45, 2.75) is 6.61 Å². The van der Waals surface area contributed by atoms with Crippen LogP contribution in [0.25, 0.3) is 6.08 Å². The number of nitro benzene ring substituents is 1. The van der Waals surface area contributed by atoms with Gasteiger partial charge in [0, 0.05) is 22.7 Å². The van der Waals surface area contributed by atoms with Crippen LogP contribution in [0.2, 0.25) is 5.02 Å². The van der Waals surface area contributed by atoms with E-state index in [0.29, 0.717) is 21.9 Å². The van der Waals surface area contributed by atoms with Gasteiger partial charge in [-0.15, -0.1) is 0 Å². The highest BCUT2D eigenvalue weighted by atomic mass is 35.5. The molecule has 1 aliphatic rings. The molecule has 1 saturated heterocycles. The van der Waals surface area contributed by atoms with E-state index < -0.39 is 22.8 Å². The average Bonchev–Trinajstić information content (AvgIpc) is 2.82. The van der Waals surface area contributed by atoms with E-state index in [0.717, 1.165) is 4.90 Å². The number of non-ortho nitro benzene ring substituents is 1.